The van der Waals surface area contributed by atoms with Gasteiger partial charge in [0.2, 0.25) is 5.91 Å². The van der Waals surface area contributed by atoms with Crippen molar-refractivity contribution in [2.45, 2.75) is 25.6 Å². The van der Waals surface area contributed by atoms with Crippen LogP contribution < -0.4 is 15.0 Å². The Morgan fingerprint density at radius 1 is 1.09 bits per heavy atom. The Hall–Kier alpha value is -3.36. The van der Waals surface area contributed by atoms with E-state index in [9.17, 15) is 18.0 Å². The number of fused-ring (bicyclic) bond motifs is 1. The molecule has 1 saturated heterocycles. The van der Waals surface area contributed by atoms with E-state index in [0.717, 1.165) is 5.56 Å². The molecule has 0 radical (unpaired) electrons. The van der Waals surface area contributed by atoms with Crippen molar-refractivity contribution in [2.75, 3.05) is 25.1 Å². The monoisotopic (exact) mass is 444 g/mol. The maximum absolute atomic E-state index is 13.6. The molecule has 2 aromatic carbocycles. The van der Waals surface area contributed by atoms with Crippen LogP contribution in [-0.2, 0) is 17.5 Å². The molecule has 6 nitrogen and oxygen atoms in total. The number of aromatic nitrogens is 2. The molecule has 4 rings (SSSR count). The van der Waals surface area contributed by atoms with Crippen molar-refractivity contribution in [1.29, 1.82) is 0 Å². The number of nitrogens with one attached hydrogen (secondary N) is 1. The van der Waals surface area contributed by atoms with Crippen LogP contribution in [0.2, 0.25) is 0 Å². The topological polar surface area (TPSA) is 67.3 Å². The lowest BCUT2D eigenvalue weighted by Gasteiger charge is -2.33. The Bertz CT molecular complexity index is 1110. The summed E-state index contributed by atoms with van der Waals surface area (Å²) in [5.74, 6) is 0.168. The summed E-state index contributed by atoms with van der Waals surface area (Å²) < 4.78 is 46.1. The molecule has 2 heterocycles. The summed E-state index contributed by atoms with van der Waals surface area (Å²) in [5.41, 5.74) is 0.539. The summed E-state index contributed by atoms with van der Waals surface area (Å²) in [5, 5.41) is 2.91. The van der Waals surface area contributed by atoms with Crippen molar-refractivity contribution in [3.8, 4) is 5.75 Å². The first-order chi connectivity index (χ1) is 15.3. The highest BCUT2D eigenvalue weighted by atomic mass is 19.4. The van der Waals surface area contributed by atoms with Crippen LogP contribution in [0.1, 0.15) is 24.1 Å². The number of hydrogen-bond donors (Lipinski definition) is 1. The van der Waals surface area contributed by atoms with E-state index >= 15 is 0 Å². The first kappa shape index (κ1) is 21.9. The standard InChI is InChI=1S/C23H23F3N4O2/c1-32-17-6-4-5-15(13-17)14-27-22(31)16-9-11-30(12-10-16)21-20(23(24,25)26)28-18-7-2-3-8-19(18)29-21/h2-8,13,16H,9-12,14H2,1H3,(H,27,31). The predicted octanol–water partition coefficient (Wildman–Crippen LogP) is 4.19. The van der Waals surface area contributed by atoms with Crippen molar-refractivity contribution < 1.29 is 22.7 Å². The zero-order valence-electron chi connectivity index (χ0n) is 17.5. The molecular weight excluding hydrogens is 421 g/mol. The Labute approximate surface area is 183 Å². The molecular formula is C23H23F3N4O2. The van der Waals surface area contributed by atoms with Gasteiger partial charge in [0.15, 0.2) is 11.5 Å². The molecule has 1 aliphatic rings. The molecule has 0 spiro atoms. The van der Waals surface area contributed by atoms with Gasteiger partial charge in [-0.1, -0.05) is 24.3 Å². The minimum atomic E-state index is -4.61. The van der Waals surface area contributed by atoms with Crippen LogP contribution in [0.15, 0.2) is 48.5 Å². The van der Waals surface area contributed by atoms with Gasteiger partial charge >= 0.3 is 6.18 Å². The van der Waals surface area contributed by atoms with Gasteiger partial charge in [-0.15, -0.1) is 0 Å². The number of halogens is 3. The number of carbonyl (C=O) groups excluding carboxylic acids is 1. The lowest BCUT2D eigenvalue weighted by Crippen LogP contribution is -2.41. The molecule has 0 saturated carbocycles. The predicted molar refractivity (Wildman–Crippen MR) is 114 cm³/mol. The highest BCUT2D eigenvalue weighted by molar-refractivity contribution is 5.79. The second-order valence-electron chi connectivity index (χ2n) is 7.71. The summed E-state index contributed by atoms with van der Waals surface area (Å²) in [7, 11) is 1.58. The van der Waals surface area contributed by atoms with Crippen molar-refractivity contribution in [2.24, 2.45) is 5.92 Å². The lowest BCUT2D eigenvalue weighted by molar-refractivity contribution is -0.140. The van der Waals surface area contributed by atoms with Crippen LogP contribution in [0.4, 0.5) is 19.0 Å². The highest BCUT2D eigenvalue weighted by Crippen LogP contribution is 2.36. The number of amides is 1. The Kier molecular flexibility index (Phi) is 6.16. The van der Waals surface area contributed by atoms with E-state index < -0.39 is 11.9 Å². The largest absolute Gasteiger partial charge is 0.497 e. The van der Waals surface area contributed by atoms with Gasteiger partial charge in [-0.3, -0.25) is 4.79 Å². The van der Waals surface area contributed by atoms with Crippen molar-refractivity contribution in [1.82, 2.24) is 15.3 Å². The van der Waals surface area contributed by atoms with Gasteiger partial charge in [0.1, 0.15) is 5.75 Å². The van der Waals surface area contributed by atoms with Crippen LogP contribution in [0.25, 0.3) is 11.0 Å². The number of alkyl halides is 3. The average Bonchev–Trinajstić information content (AvgIpc) is 2.81. The lowest BCUT2D eigenvalue weighted by atomic mass is 9.95. The highest BCUT2D eigenvalue weighted by Gasteiger charge is 2.39. The quantitative estimate of drug-likeness (QED) is 0.639. The van der Waals surface area contributed by atoms with E-state index in [2.05, 4.69) is 15.3 Å². The maximum Gasteiger partial charge on any atom is 0.437 e. The van der Waals surface area contributed by atoms with Gasteiger partial charge in [0, 0.05) is 25.6 Å². The van der Waals surface area contributed by atoms with Crippen LogP contribution in [0.5, 0.6) is 5.75 Å². The summed E-state index contributed by atoms with van der Waals surface area (Å²) in [6.45, 7) is 0.964. The summed E-state index contributed by atoms with van der Waals surface area (Å²) in [6.07, 6.45) is -3.73. The molecule has 168 valence electrons. The zero-order valence-corrected chi connectivity index (χ0v) is 17.5. The number of para-hydroxylation sites is 2. The van der Waals surface area contributed by atoms with Gasteiger partial charge < -0.3 is 15.0 Å². The summed E-state index contributed by atoms with van der Waals surface area (Å²) in [4.78, 5) is 22.3. The second kappa shape index (κ2) is 9.02. The van der Waals surface area contributed by atoms with Crippen molar-refractivity contribution in [3.63, 3.8) is 0 Å². The van der Waals surface area contributed by atoms with Crippen molar-refractivity contribution >= 4 is 22.8 Å². The SMILES string of the molecule is COc1cccc(CNC(=O)C2CCN(c3nc4ccccc4nc3C(F)(F)F)CC2)c1. The van der Waals surface area contributed by atoms with E-state index in [1.807, 2.05) is 24.3 Å². The Morgan fingerprint density at radius 2 is 1.78 bits per heavy atom. The minimum absolute atomic E-state index is 0.104. The zero-order chi connectivity index (χ0) is 22.7. The average molecular weight is 444 g/mol. The molecule has 3 aromatic rings. The number of methoxy groups -OCH3 is 1. The van der Waals surface area contributed by atoms with Gasteiger partial charge in [0.25, 0.3) is 0 Å². The minimum Gasteiger partial charge on any atom is -0.497 e. The maximum atomic E-state index is 13.6. The van der Waals surface area contributed by atoms with E-state index in [0.29, 0.717) is 43.7 Å². The van der Waals surface area contributed by atoms with Crippen molar-refractivity contribution in [3.05, 3.63) is 59.8 Å². The van der Waals surface area contributed by atoms with Crippen LogP contribution in [0, 0.1) is 5.92 Å². The first-order valence-corrected chi connectivity index (χ1v) is 10.3. The third kappa shape index (κ3) is 4.76. The van der Waals surface area contributed by atoms with E-state index in [4.69, 9.17) is 4.74 Å². The number of hydrogen-bond acceptors (Lipinski definition) is 5. The summed E-state index contributed by atoms with van der Waals surface area (Å²) >= 11 is 0. The molecule has 9 heteroatoms. The number of rotatable bonds is 5. The van der Waals surface area contributed by atoms with E-state index in [-0.39, 0.29) is 23.2 Å². The Morgan fingerprint density at radius 3 is 2.44 bits per heavy atom. The summed E-state index contributed by atoms with van der Waals surface area (Å²) in [6, 6.07) is 13.9. The normalized spacial score (nSPS) is 15.1. The third-order valence-corrected chi connectivity index (χ3v) is 5.59. The van der Waals surface area contributed by atoms with Gasteiger partial charge in [-0.05, 0) is 42.7 Å². The van der Waals surface area contributed by atoms with Crippen LogP contribution >= 0.6 is 0 Å². The number of benzene rings is 2. The van der Waals surface area contributed by atoms with Crippen LogP contribution in [-0.4, -0.2) is 36.1 Å². The molecule has 1 N–H and O–H groups in total. The van der Waals surface area contributed by atoms with Gasteiger partial charge in [0.05, 0.1) is 18.1 Å². The number of piperidine rings is 1. The molecule has 1 fully saturated rings. The number of nitrogens with zero attached hydrogens (tertiary/aromatic N) is 3. The molecule has 0 aliphatic carbocycles. The van der Waals surface area contributed by atoms with Gasteiger partial charge in [-0.2, -0.15) is 13.2 Å². The van der Waals surface area contributed by atoms with Gasteiger partial charge in [-0.25, -0.2) is 9.97 Å². The number of anilines is 1. The first-order valence-electron chi connectivity index (χ1n) is 10.3. The third-order valence-electron chi connectivity index (χ3n) is 5.59. The van der Waals surface area contributed by atoms with E-state index in [1.165, 1.54) is 6.07 Å². The molecule has 1 aromatic heterocycles. The fourth-order valence-corrected chi connectivity index (χ4v) is 3.87. The molecule has 1 aliphatic heterocycles. The molecule has 0 atom stereocenters. The smallest absolute Gasteiger partial charge is 0.437 e. The van der Waals surface area contributed by atoms with Crippen LogP contribution in [0.3, 0.4) is 0 Å². The molecule has 32 heavy (non-hydrogen) atoms. The number of carbonyl (C=O) groups is 1. The second-order valence-corrected chi connectivity index (χ2v) is 7.71. The number of ether oxygens (including phenoxy) is 1. The fourth-order valence-electron chi connectivity index (χ4n) is 3.87. The van der Waals surface area contributed by atoms with E-state index in [1.54, 1.807) is 30.2 Å². The fraction of sp³-hybridized carbons (Fsp3) is 0.348. The molecule has 0 bridgehead atoms. The Balaban J connectivity index is 1.43. The molecule has 1 amide bonds. The molecule has 0 unspecified atom stereocenters.